The number of carboxylic acid groups (broad SMARTS) is 1. The summed E-state index contributed by atoms with van der Waals surface area (Å²) in [4.78, 5) is 37.0. The number of carbonyl (C=O) groups excluding carboxylic acids is 3. The normalized spacial score (nSPS) is 13.4. The molecule has 2 atom stereocenters. The third-order valence-electron chi connectivity index (χ3n) is 11.2. The van der Waals surface area contributed by atoms with E-state index in [1.165, 1.54) is 116 Å². The summed E-state index contributed by atoms with van der Waals surface area (Å²) in [5, 5.41) is 11.7. The average molecular weight is 870 g/mol. The Labute approximate surface area is 381 Å². The molecule has 0 aromatic rings. The van der Waals surface area contributed by atoms with E-state index in [0.29, 0.717) is 12.8 Å². The lowest BCUT2D eigenvalue weighted by Gasteiger charge is -2.34. The molecule has 0 aromatic heterocycles. The number of ether oxygens (including phenoxy) is 3. The van der Waals surface area contributed by atoms with Crippen molar-refractivity contribution in [3.8, 4) is 0 Å². The van der Waals surface area contributed by atoms with Gasteiger partial charge in [0.1, 0.15) is 12.6 Å². The number of likely N-dealkylation sites (N-methyl/N-ethyl adjacent to an activating group) is 1. The molecule has 0 aliphatic heterocycles. The van der Waals surface area contributed by atoms with Crippen LogP contribution in [-0.4, -0.2) is 75.5 Å². The van der Waals surface area contributed by atoms with Crippen LogP contribution >= 0.6 is 0 Å². The van der Waals surface area contributed by atoms with Gasteiger partial charge in [-0.15, -0.1) is 0 Å². The summed E-state index contributed by atoms with van der Waals surface area (Å²) < 4.78 is 17.2. The van der Waals surface area contributed by atoms with E-state index in [0.717, 1.165) is 57.8 Å². The third-order valence-corrected chi connectivity index (χ3v) is 11.2. The standard InChI is InChI=1S/C54H95NO7/c1-6-8-10-12-14-16-18-20-22-24-25-26-27-29-31-33-35-37-39-41-43-45-53(57)62-50(48-60-47-46-51(54(58)59)55(3,4)5)49-61-52(56)44-42-40-38-36-34-32-30-28-23-21-19-17-15-13-11-9-7-2/h14,16,20,22,25-26,29,31,35,37,50-51H,6-13,15,17-19,21,23-24,27-28,30,32-34,36,38-49H2,1-5H3/b16-14+,22-20+,26-25+,31-29+,37-35+. The molecule has 0 radical (unpaired) electrons. The highest BCUT2D eigenvalue weighted by atomic mass is 16.6. The van der Waals surface area contributed by atoms with Crippen LogP contribution in [0, 0.1) is 0 Å². The van der Waals surface area contributed by atoms with Crippen molar-refractivity contribution in [2.75, 3.05) is 41.0 Å². The summed E-state index contributed by atoms with van der Waals surface area (Å²) in [5.74, 6) is -1.79. The Morgan fingerprint density at radius 1 is 0.484 bits per heavy atom. The predicted octanol–water partition coefficient (Wildman–Crippen LogP) is 13.2. The van der Waals surface area contributed by atoms with Crippen molar-refractivity contribution < 1.29 is 38.2 Å². The van der Waals surface area contributed by atoms with Crippen molar-refractivity contribution in [2.24, 2.45) is 0 Å². The zero-order valence-corrected chi connectivity index (χ0v) is 40.8. The van der Waals surface area contributed by atoms with Crippen LogP contribution in [0.1, 0.15) is 213 Å². The van der Waals surface area contributed by atoms with Gasteiger partial charge in [0.2, 0.25) is 0 Å². The number of carbonyl (C=O) groups is 3. The summed E-state index contributed by atoms with van der Waals surface area (Å²) in [6, 6.07) is -0.735. The highest BCUT2D eigenvalue weighted by molar-refractivity contribution is 5.70. The molecule has 8 nitrogen and oxygen atoms in total. The molecule has 0 heterocycles. The summed E-state index contributed by atoms with van der Waals surface area (Å²) in [6.07, 6.45) is 55.3. The molecule has 0 N–H and O–H groups in total. The van der Waals surface area contributed by atoms with Crippen LogP contribution in [0.4, 0.5) is 0 Å². The zero-order chi connectivity index (χ0) is 45.6. The maximum Gasteiger partial charge on any atom is 0.306 e. The van der Waals surface area contributed by atoms with Crippen LogP contribution < -0.4 is 5.11 Å². The molecule has 0 fully saturated rings. The van der Waals surface area contributed by atoms with E-state index in [4.69, 9.17) is 14.2 Å². The number of hydrogen-bond donors (Lipinski definition) is 0. The second-order valence-corrected chi connectivity index (χ2v) is 18.1. The van der Waals surface area contributed by atoms with Crippen LogP contribution in [0.25, 0.3) is 0 Å². The highest BCUT2D eigenvalue weighted by Gasteiger charge is 2.25. The highest BCUT2D eigenvalue weighted by Crippen LogP contribution is 2.15. The Morgan fingerprint density at radius 2 is 0.855 bits per heavy atom. The summed E-state index contributed by atoms with van der Waals surface area (Å²) in [6.45, 7) is 4.61. The number of carboxylic acids is 1. The molecule has 2 unspecified atom stereocenters. The van der Waals surface area contributed by atoms with E-state index in [1.54, 1.807) is 21.1 Å². The maximum absolute atomic E-state index is 12.8. The second kappa shape index (κ2) is 44.6. The van der Waals surface area contributed by atoms with E-state index in [1.807, 2.05) is 0 Å². The maximum atomic E-state index is 12.8. The van der Waals surface area contributed by atoms with Gasteiger partial charge in [-0.2, -0.15) is 0 Å². The Balaban J connectivity index is 4.35. The van der Waals surface area contributed by atoms with E-state index < -0.39 is 18.1 Å². The second-order valence-electron chi connectivity index (χ2n) is 18.1. The van der Waals surface area contributed by atoms with Gasteiger partial charge in [-0.05, 0) is 64.2 Å². The quantitative estimate of drug-likeness (QED) is 0.0260. The molecule has 0 amide bonds. The first-order chi connectivity index (χ1) is 30.1. The van der Waals surface area contributed by atoms with E-state index in [9.17, 15) is 19.5 Å². The zero-order valence-electron chi connectivity index (χ0n) is 40.8. The van der Waals surface area contributed by atoms with Gasteiger partial charge >= 0.3 is 11.9 Å². The summed E-state index contributed by atoms with van der Waals surface area (Å²) in [5.41, 5.74) is 0. The van der Waals surface area contributed by atoms with Gasteiger partial charge in [-0.1, -0.05) is 190 Å². The fourth-order valence-electron chi connectivity index (χ4n) is 7.21. The Bertz CT molecular complexity index is 1200. The molecule has 62 heavy (non-hydrogen) atoms. The van der Waals surface area contributed by atoms with Crippen LogP contribution in [0.5, 0.6) is 0 Å². The van der Waals surface area contributed by atoms with E-state index in [2.05, 4.69) is 74.6 Å². The molecule has 358 valence electrons. The van der Waals surface area contributed by atoms with Crippen LogP contribution in [0.2, 0.25) is 0 Å². The van der Waals surface area contributed by atoms with Crippen molar-refractivity contribution in [1.29, 1.82) is 0 Å². The minimum Gasteiger partial charge on any atom is -0.544 e. The molecular formula is C54H95NO7. The topological polar surface area (TPSA) is 102 Å². The fraction of sp³-hybridized carbons (Fsp3) is 0.759. The molecule has 0 aromatic carbocycles. The largest absolute Gasteiger partial charge is 0.544 e. The van der Waals surface area contributed by atoms with Gasteiger partial charge in [0.05, 0.1) is 40.3 Å². The summed E-state index contributed by atoms with van der Waals surface area (Å²) in [7, 11) is 5.40. The molecule has 0 spiro atoms. The first-order valence-electron chi connectivity index (χ1n) is 25.3. The third kappa shape index (κ3) is 42.3. The number of unbranched alkanes of at least 4 members (excludes halogenated alkanes) is 21. The first-order valence-corrected chi connectivity index (χ1v) is 25.3. The number of quaternary nitrogens is 1. The average Bonchev–Trinajstić information content (AvgIpc) is 3.23. The Morgan fingerprint density at radius 3 is 1.29 bits per heavy atom. The Kier molecular flexibility index (Phi) is 42.5. The molecule has 0 bridgehead atoms. The lowest BCUT2D eigenvalue weighted by atomic mass is 10.0. The van der Waals surface area contributed by atoms with Crippen LogP contribution in [-0.2, 0) is 28.6 Å². The number of nitrogens with zero attached hydrogens (tertiary/aromatic N) is 1. The number of hydrogen-bond acceptors (Lipinski definition) is 7. The van der Waals surface area contributed by atoms with Gasteiger partial charge in [-0.25, -0.2) is 0 Å². The number of rotatable bonds is 45. The SMILES string of the molecule is CCCCC/C=C/C/C=C/C/C=C/C/C=C/C/C=C/CCCCC(=O)OC(COCCC(C(=O)[O-])[N+](C)(C)C)COC(=O)CCCCCCCCCCCCCCCCCCC. The molecule has 0 rings (SSSR count). The van der Waals surface area contributed by atoms with E-state index in [-0.39, 0.29) is 49.1 Å². The molecule has 0 saturated carbocycles. The van der Waals surface area contributed by atoms with Crippen molar-refractivity contribution >= 4 is 17.9 Å². The van der Waals surface area contributed by atoms with Crippen LogP contribution in [0.3, 0.4) is 0 Å². The lowest BCUT2D eigenvalue weighted by Crippen LogP contribution is -2.55. The monoisotopic (exact) mass is 870 g/mol. The van der Waals surface area contributed by atoms with Crippen molar-refractivity contribution in [2.45, 2.75) is 225 Å². The summed E-state index contributed by atoms with van der Waals surface area (Å²) >= 11 is 0. The van der Waals surface area contributed by atoms with Crippen molar-refractivity contribution in [3.63, 3.8) is 0 Å². The van der Waals surface area contributed by atoms with Gasteiger partial charge in [-0.3, -0.25) is 9.59 Å². The predicted molar refractivity (Wildman–Crippen MR) is 259 cm³/mol. The van der Waals surface area contributed by atoms with Gasteiger partial charge in [0, 0.05) is 19.3 Å². The van der Waals surface area contributed by atoms with Crippen molar-refractivity contribution in [3.05, 3.63) is 60.8 Å². The molecule has 0 aliphatic rings. The number of esters is 2. The lowest BCUT2D eigenvalue weighted by molar-refractivity contribution is -0.889. The molecular weight excluding hydrogens is 775 g/mol. The fourth-order valence-corrected chi connectivity index (χ4v) is 7.21. The van der Waals surface area contributed by atoms with Crippen LogP contribution in [0.15, 0.2) is 60.8 Å². The molecule has 0 aliphatic carbocycles. The van der Waals surface area contributed by atoms with E-state index >= 15 is 0 Å². The molecule has 8 heteroatoms. The van der Waals surface area contributed by atoms with Crippen molar-refractivity contribution in [1.82, 2.24) is 0 Å². The minimum absolute atomic E-state index is 0.0231. The smallest absolute Gasteiger partial charge is 0.306 e. The van der Waals surface area contributed by atoms with Gasteiger partial charge in [0.25, 0.3) is 0 Å². The minimum atomic E-state index is -1.13. The Hall–Kier alpha value is -2.97. The van der Waals surface area contributed by atoms with Gasteiger partial charge in [0.15, 0.2) is 6.10 Å². The number of allylic oxidation sites excluding steroid dienone is 10. The molecule has 0 saturated heterocycles. The van der Waals surface area contributed by atoms with Gasteiger partial charge < -0.3 is 28.6 Å². The first kappa shape index (κ1) is 59.0. The number of aliphatic carboxylic acids is 1.